The average Bonchev–Trinajstić information content (AvgIpc) is 3.16. The largest absolute Gasteiger partial charge is 0.394 e. The number of nitrogens with one attached hydrogen (secondary N) is 1. The second-order valence-corrected chi connectivity index (χ2v) is 4.63. The minimum atomic E-state index is 0.0700. The highest BCUT2D eigenvalue weighted by Crippen LogP contribution is 2.37. The molecule has 1 unspecified atom stereocenters. The maximum absolute atomic E-state index is 9.40. The highest BCUT2D eigenvalue weighted by Gasteiger charge is 2.30. The summed E-state index contributed by atoms with van der Waals surface area (Å²) in [6, 6.07) is 1.32. The fourth-order valence-corrected chi connectivity index (χ4v) is 2.01. The Bertz CT molecular complexity index is 341. The van der Waals surface area contributed by atoms with Crippen molar-refractivity contribution in [1.29, 1.82) is 0 Å². The molecule has 0 aromatic carbocycles. The van der Waals surface area contributed by atoms with Gasteiger partial charge in [-0.3, -0.25) is 0 Å². The monoisotopic (exact) mass is 207 g/mol. The van der Waals surface area contributed by atoms with Crippen molar-refractivity contribution in [2.24, 2.45) is 0 Å². The number of aromatic nitrogens is 2. The lowest BCUT2D eigenvalue weighted by atomic mass is 10.2. The summed E-state index contributed by atoms with van der Waals surface area (Å²) in [6.45, 7) is 0.162. The van der Waals surface area contributed by atoms with Crippen LogP contribution in [0.3, 0.4) is 0 Å². The Kier molecular flexibility index (Phi) is 2.25. The average molecular weight is 207 g/mol. The molecule has 0 aliphatic heterocycles. The molecule has 82 valence electrons. The first kappa shape index (κ1) is 9.36. The van der Waals surface area contributed by atoms with Gasteiger partial charge in [-0.05, 0) is 25.7 Å². The third-order valence-corrected chi connectivity index (χ3v) is 3.19. The van der Waals surface area contributed by atoms with Gasteiger partial charge in [0.2, 0.25) is 0 Å². The lowest BCUT2D eigenvalue weighted by Crippen LogP contribution is -2.28. The molecule has 4 nitrogen and oxygen atoms in total. The smallest absolute Gasteiger partial charge is 0.0951 e. The van der Waals surface area contributed by atoms with E-state index in [1.807, 2.05) is 12.5 Å². The van der Waals surface area contributed by atoms with Crippen molar-refractivity contribution < 1.29 is 5.11 Å². The van der Waals surface area contributed by atoms with Crippen LogP contribution in [-0.2, 0) is 0 Å². The lowest BCUT2D eigenvalue weighted by molar-refractivity contribution is 0.237. The predicted octanol–water partition coefficient (Wildman–Crippen LogP) is 1.00. The van der Waals surface area contributed by atoms with Crippen molar-refractivity contribution in [2.45, 2.75) is 43.8 Å². The molecule has 2 aliphatic carbocycles. The molecule has 2 aliphatic rings. The number of aliphatic hydroxyl groups is 1. The van der Waals surface area contributed by atoms with Crippen LogP contribution in [0.2, 0.25) is 0 Å². The van der Waals surface area contributed by atoms with Crippen LogP contribution in [-0.4, -0.2) is 27.3 Å². The molecule has 2 saturated carbocycles. The molecule has 15 heavy (non-hydrogen) atoms. The fraction of sp³-hybridized carbons (Fsp3) is 0.727. The molecule has 0 spiro atoms. The fourth-order valence-electron chi connectivity index (χ4n) is 2.01. The minimum Gasteiger partial charge on any atom is -0.394 e. The Balaban J connectivity index is 1.77. The van der Waals surface area contributed by atoms with Crippen LogP contribution in [0.15, 0.2) is 12.5 Å². The van der Waals surface area contributed by atoms with Crippen LogP contribution < -0.4 is 5.32 Å². The second kappa shape index (κ2) is 3.61. The van der Waals surface area contributed by atoms with Crippen molar-refractivity contribution in [3.8, 4) is 0 Å². The Morgan fingerprint density at radius 1 is 1.47 bits per heavy atom. The zero-order valence-corrected chi connectivity index (χ0v) is 8.76. The Hall–Kier alpha value is -0.870. The molecule has 1 aromatic heterocycles. The van der Waals surface area contributed by atoms with Crippen molar-refractivity contribution in [2.75, 3.05) is 6.61 Å². The van der Waals surface area contributed by atoms with E-state index in [4.69, 9.17) is 0 Å². The van der Waals surface area contributed by atoms with Crippen LogP contribution >= 0.6 is 0 Å². The van der Waals surface area contributed by atoms with Crippen molar-refractivity contribution >= 4 is 0 Å². The normalized spacial score (nSPS) is 23.0. The maximum atomic E-state index is 9.40. The molecule has 2 fully saturated rings. The zero-order chi connectivity index (χ0) is 10.3. The summed E-state index contributed by atoms with van der Waals surface area (Å²) < 4.78 is 2.22. The van der Waals surface area contributed by atoms with E-state index in [2.05, 4.69) is 14.9 Å². The van der Waals surface area contributed by atoms with Crippen molar-refractivity contribution in [3.05, 3.63) is 18.2 Å². The van der Waals surface area contributed by atoms with Gasteiger partial charge in [0, 0.05) is 18.3 Å². The molecule has 1 heterocycles. The van der Waals surface area contributed by atoms with Crippen LogP contribution in [0.4, 0.5) is 0 Å². The molecule has 0 amide bonds. The standard InChI is InChI=1S/C11H17N3O/c15-6-10(13-8-1-2-8)11-5-12-7-14(11)9-3-4-9/h5,7-10,13,15H,1-4,6H2. The summed E-state index contributed by atoms with van der Waals surface area (Å²) in [4.78, 5) is 4.19. The van der Waals surface area contributed by atoms with E-state index < -0.39 is 0 Å². The molecule has 1 aromatic rings. The van der Waals surface area contributed by atoms with Crippen LogP contribution in [0.5, 0.6) is 0 Å². The molecule has 0 bridgehead atoms. The summed E-state index contributed by atoms with van der Waals surface area (Å²) in [5.41, 5.74) is 1.15. The summed E-state index contributed by atoms with van der Waals surface area (Å²) in [5, 5.41) is 12.9. The zero-order valence-electron chi connectivity index (χ0n) is 8.76. The highest BCUT2D eigenvalue weighted by molar-refractivity contribution is 5.10. The first-order chi connectivity index (χ1) is 7.38. The molecule has 4 heteroatoms. The number of hydrogen-bond donors (Lipinski definition) is 2. The molecule has 0 radical (unpaired) electrons. The van der Waals surface area contributed by atoms with Gasteiger partial charge in [-0.1, -0.05) is 0 Å². The number of rotatable bonds is 5. The van der Waals surface area contributed by atoms with E-state index in [1.165, 1.54) is 25.7 Å². The first-order valence-corrected chi connectivity index (χ1v) is 5.77. The molecule has 1 atom stereocenters. The molecular weight excluding hydrogens is 190 g/mol. The van der Waals surface area contributed by atoms with Gasteiger partial charge >= 0.3 is 0 Å². The second-order valence-electron chi connectivity index (χ2n) is 4.63. The van der Waals surface area contributed by atoms with Gasteiger partial charge in [0.15, 0.2) is 0 Å². The highest BCUT2D eigenvalue weighted by atomic mass is 16.3. The minimum absolute atomic E-state index is 0.0700. The van der Waals surface area contributed by atoms with Gasteiger partial charge in [-0.2, -0.15) is 0 Å². The summed E-state index contributed by atoms with van der Waals surface area (Å²) in [6.07, 6.45) is 8.77. The van der Waals surface area contributed by atoms with Crippen LogP contribution in [0.25, 0.3) is 0 Å². The van der Waals surface area contributed by atoms with Gasteiger partial charge in [-0.25, -0.2) is 4.98 Å². The Morgan fingerprint density at radius 3 is 2.87 bits per heavy atom. The number of aliphatic hydroxyl groups excluding tert-OH is 1. The predicted molar refractivity (Wildman–Crippen MR) is 56.5 cm³/mol. The topological polar surface area (TPSA) is 50.1 Å². The molecular formula is C11H17N3O. The number of imidazole rings is 1. The quantitative estimate of drug-likeness (QED) is 0.757. The maximum Gasteiger partial charge on any atom is 0.0951 e. The lowest BCUT2D eigenvalue weighted by Gasteiger charge is -2.17. The number of nitrogens with zero attached hydrogens (tertiary/aromatic N) is 2. The van der Waals surface area contributed by atoms with Crippen LogP contribution in [0, 0.1) is 0 Å². The van der Waals surface area contributed by atoms with E-state index in [-0.39, 0.29) is 12.6 Å². The SMILES string of the molecule is OCC(NC1CC1)c1cncn1C1CC1. The Morgan fingerprint density at radius 2 is 2.27 bits per heavy atom. The summed E-state index contributed by atoms with van der Waals surface area (Å²) in [7, 11) is 0. The molecule has 3 rings (SSSR count). The van der Waals surface area contributed by atoms with E-state index >= 15 is 0 Å². The van der Waals surface area contributed by atoms with Gasteiger partial charge in [0.05, 0.1) is 24.7 Å². The van der Waals surface area contributed by atoms with Gasteiger partial charge in [0.1, 0.15) is 0 Å². The van der Waals surface area contributed by atoms with Gasteiger partial charge < -0.3 is 15.0 Å². The molecule has 2 N–H and O–H groups in total. The van der Waals surface area contributed by atoms with Crippen molar-refractivity contribution in [3.63, 3.8) is 0 Å². The van der Waals surface area contributed by atoms with E-state index in [0.717, 1.165) is 5.69 Å². The summed E-state index contributed by atoms with van der Waals surface area (Å²) >= 11 is 0. The third-order valence-electron chi connectivity index (χ3n) is 3.19. The van der Waals surface area contributed by atoms with Crippen LogP contribution in [0.1, 0.15) is 43.5 Å². The van der Waals surface area contributed by atoms with Gasteiger partial charge in [-0.15, -0.1) is 0 Å². The van der Waals surface area contributed by atoms with E-state index in [9.17, 15) is 5.11 Å². The van der Waals surface area contributed by atoms with E-state index in [0.29, 0.717) is 12.1 Å². The van der Waals surface area contributed by atoms with Crippen molar-refractivity contribution in [1.82, 2.24) is 14.9 Å². The first-order valence-electron chi connectivity index (χ1n) is 5.77. The van der Waals surface area contributed by atoms with E-state index in [1.54, 1.807) is 0 Å². The summed E-state index contributed by atoms with van der Waals surface area (Å²) in [5.74, 6) is 0. The van der Waals surface area contributed by atoms with Gasteiger partial charge in [0.25, 0.3) is 0 Å². The number of hydrogen-bond acceptors (Lipinski definition) is 3. The Labute approximate surface area is 89.3 Å². The molecule has 0 saturated heterocycles. The third kappa shape index (κ3) is 1.92.